The predicted molar refractivity (Wildman–Crippen MR) is 59.4 cm³/mol. The first-order chi connectivity index (χ1) is 6.56. The monoisotopic (exact) mass is 279 g/mol. The van der Waals surface area contributed by atoms with Gasteiger partial charge in [-0.15, -0.1) is 0 Å². The number of phenolic OH excluding ortho intramolecular Hbond substituents is 1. The fourth-order valence-electron chi connectivity index (χ4n) is 1.20. The molecule has 1 atom stereocenters. The molecule has 3 N–H and O–H groups in total. The Morgan fingerprint density at radius 3 is 2.86 bits per heavy atom. The second-order valence-corrected chi connectivity index (χ2v) is 4.35. The van der Waals surface area contributed by atoms with Gasteiger partial charge in [0, 0.05) is 16.5 Å². The lowest BCUT2D eigenvalue weighted by Gasteiger charge is -2.13. The third-order valence-electron chi connectivity index (χ3n) is 1.93. The van der Waals surface area contributed by atoms with Gasteiger partial charge < -0.3 is 9.94 Å². The highest BCUT2D eigenvalue weighted by atomic mass is 79.9. The van der Waals surface area contributed by atoms with Crippen molar-refractivity contribution in [3.63, 3.8) is 0 Å². The molecule has 0 saturated carbocycles. The molecule has 1 aromatic carbocycles. The van der Waals surface area contributed by atoms with E-state index in [1.165, 1.54) is 0 Å². The summed E-state index contributed by atoms with van der Waals surface area (Å²) in [5.41, 5.74) is 0.717. The van der Waals surface area contributed by atoms with Crippen molar-refractivity contribution >= 4 is 27.5 Å². The van der Waals surface area contributed by atoms with Gasteiger partial charge in [-0.25, -0.2) is 5.90 Å². The van der Waals surface area contributed by atoms with Crippen LogP contribution in [0.15, 0.2) is 16.6 Å². The molecule has 0 amide bonds. The Kier molecular flexibility index (Phi) is 4.19. The van der Waals surface area contributed by atoms with E-state index < -0.39 is 0 Å². The summed E-state index contributed by atoms with van der Waals surface area (Å²) < 4.78 is 0.573. The Bertz CT molecular complexity index is 333. The Balaban J connectivity index is 3.07. The average Bonchev–Trinajstić information content (AvgIpc) is 2.11. The average molecular weight is 281 g/mol. The van der Waals surface area contributed by atoms with Crippen LogP contribution in [0.3, 0.4) is 0 Å². The Morgan fingerprint density at radius 1 is 1.64 bits per heavy atom. The highest BCUT2D eigenvalue weighted by Crippen LogP contribution is 2.35. The van der Waals surface area contributed by atoms with Gasteiger partial charge in [0.15, 0.2) is 0 Å². The summed E-state index contributed by atoms with van der Waals surface area (Å²) in [4.78, 5) is 4.52. The Morgan fingerprint density at radius 2 is 2.29 bits per heavy atom. The Hall–Kier alpha value is -0.290. The first-order valence-corrected chi connectivity index (χ1v) is 5.23. The zero-order valence-corrected chi connectivity index (χ0v) is 9.97. The van der Waals surface area contributed by atoms with Gasteiger partial charge in [0.05, 0.1) is 11.1 Å². The van der Waals surface area contributed by atoms with E-state index in [0.29, 0.717) is 16.1 Å². The summed E-state index contributed by atoms with van der Waals surface area (Å²) in [7, 11) is 0. The molecule has 1 aromatic rings. The summed E-state index contributed by atoms with van der Waals surface area (Å²) in [5.74, 6) is 5.14. The zero-order chi connectivity index (χ0) is 10.7. The molecule has 0 fully saturated rings. The minimum atomic E-state index is -0.00463. The van der Waals surface area contributed by atoms with E-state index >= 15 is 0 Å². The number of halogens is 2. The van der Waals surface area contributed by atoms with Crippen LogP contribution in [0.5, 0.6) is 5.75 Å². The second-order valence-electron chi connectivity index (χ2n) is 3.06. The van der Waals surface area contributed by atoms with Crippen LogP contribution < -0.4 is 5.90 Å². The summed E-state index contributed by atoms with van der Waals surface area (Å²) in [6.07, 6.45) is 0. The van der Waals surface area contributed by atoms with E-state index in [1.54, 1.807) is 12.1 Å². The molecule has 78 valence electrons. The number of nitrogens with two attached hydrogens (primary N) is 1. The summed E-state index contributed by atoms with van der Waals surface area (Å²) in [5, 5.41) is 10.3. The van der Waals surface area contributed by atoms with Gasteiger partial charge in [0.25, 0.3) is 0 Å². The lowest BCUT2D eigenvalue weighted by molar-refractivity contribution is 0.126. The van der Waals surface area contributed by atoms with Crippen LogP contribution >= 0.6 is 27.5 Å². The van der Waals surface area contributed by atoms with E-state index in [1.807, 2.05) is 6.92 Å². The largest absolute Gasteiger partial charge is 0.506 e. The number of phenols is 1. The maximum absolute atomic E-state index is 9.72. The van der Waals surface area contributed by atoms with Crippen molar-refractivity contribution in [2.45, 2.75) is 12.8 Å². The van der Waals surface area contributed by atoms with Gasteiger partial charge in [-0.3, -0.25) is 0 Å². The lowest BCUT2D eigenvalue weighted by Crippen LogP contribution is -2.08. The predicted octanol–water partition coefficient (Wildman–Crippen LogP) is 2.80. The first-order valence-electron chi connectivity index (χ1n) is 4.05. The maximum Gasteiger partial charge on any atom is 0.133 e. The molecule has 0 heterocycles. The van der Waals surface area contributed by atoms with E-state index in [-0.39, 0.29) is 11.7 Å². The number of hydrogen-bond acceptors (Lipinski definition) is 3. The van der Waals surface area contributed by atoms with E-state index in [9.17, 15) is 5.11 Å². The molecule has 0 aliphatic heterocycles. The molecule has 0 aliphatic rings. The van der Waals surface area contributed by atoms with Gasteiger partial charge in [-0.2, -0.15) is 0 Å². The van der Waals surface area contributed by atoms with Crippen molar-refractivity contribution in [3.8, 4) is 5.75 Å². The standard InChI is InChI=1S/C9H11BrClNO2/c1-5(4-14-12)7-2-6(11)3-8(10)9(7)13/h2-3,5,13H,4,12H2,1H3. The van der Waals surface area contributed by atoms with Crippen molar-refractivity contribution in [1.82, 2.24) is 0 Å². The normalized spacial score (nSPS) is 12.9. The molecule has 14 heavy (non-hydrogen) atoms. The fraction of sp³-hybridized carbons (Fsp3) is 0.333. The molecule has 0 spiro atoms. The lowest BCUT2D eigenvalue weighted by atomic mass is 10.0. The topological polar surface area (TPSA) is 55.5 Å². The minimum absolute atomic E-state index is 0.00463. The van der Waals surface area contributed by atoms with Crippen LogP contribution in [0.4, 0.5) is 0 Å². The number of rotatable bonds is 3. The molecule has 5 heteroatoms. The van der Waals surface area contributed by atoms with Gasteiger partial charge in [-0.1, -0.05) is 18.5 Å². The quantitative estimate of drug-likeness (QED) is 0.837. The third kappa shape index (κ3) is 2.60. The minimum Gasteiger partial charge on any atom is -0.506 e. The molecule has 0 radical (unpaired) electrons. The molecule has 1 unspecified atom stereocenters. The van der Waals surface area contributed by atoms with Crippen molar-refractivity contribution in [2.24, 2.45) is 5.90 Å². The SMILES string of the molecule is CC(CON)c1cc(Cl)cc(Br)c1O. The molecule has 1 rings (SSSR count). The summed E-state index contributed by atoms with van der Waals surface area (Å²) >= 11 is 9.06. The van der Waals surface area contributed by atoms with Crippen molar-refractivity contribution in [3.05, 3.63) is 27.2 Å². The van der Waals surface area contributed by atoms with E-state index in [2.05, 4.69) is 20.8 Å². The number of aromatic hydroxyl groups is 1. The van der Waals surface area contributed by atoms with Gasteiger partial charge in [0.2, 0.25) is 0 Å². The highest BCUT2D eigenvalue weighted by molar-refractivity contribution is 9.10. The Labute approximate surface area is 95.9 Å². The van der Waals surface area contributed by atoms with Crippen LogP contribution in [0.25, 0.3) is 0 Å². The number of hydrogen-bond donors (Lipinski definition) is 2. The van der Waals surface area contributed by atoms with Gasteiger partial charge in [0.1, 0.15) is 5.75 Å². The van der Waals surface area contributed by atoms with E-state index in [0.717, 1.165) is 5.56 Å². The number of benzene rings is 1. The van der Waals surface area contributed by atoms with E-state index in [4.69, 9.17) is 17.5 Å². The molecule has 0 saturated heterocycles. The van der Waals surface area contributed by atoms with Crippen LogP contribution in [0.2, 0.25) is 5.02 Å². The van der Waals surface area contributed by atoms with Crippen LogP contribution in [-0.4, -0.2) is 11.7 Å². The van der Waals surface area contributed by atoms with Crippen molar-refractivity contribution < 1.29 is 9.94 Å². The molecule has 0 aromatic heterocycles. The second kappa shape index (κ2) is 4.98. The van der Waals surface area contributed by atoms with Gasteiger partial charge >= 0.3 is 0 Å². The van der Waals surface area contributed by atoms with Crippen molar-refractivity contribution in [1.29, 1.82) is 0 Å². The molecule has 0 bridgehead atoms. The van der Waals surface area contributed by atoms with Crippen LogP contribution in [-0.2, 0) is 4.84 Å². The van der Waals surface area contributed by atoms with Crippen molar-refractivity contribution in [2.75, 3.05) is 6.61 Å². The summed E-state index contributed by atoms with van der Waals surface area (Å²) in [6, 6.07) is 3.34. The van der Waals surface area contributed by atoms with Crippen LogP contribution in [0.1, 0.15) is 18.4 Å². The van der Waals surface area contributed by atoms with Crippen LogP contribution in [0, 0.1) is 0 Å². The maximum atomic E-state index is 9.72. The van der Waals surface area contributed by atoms with Gasteiger partial charge in [-0.05, 0) is 28.1 Å². The highest BCUT2D eigenvalue weighted by Gasteiger charge is 2.14. The summed E-state index contributed by atoms with van der Waals surface area (Å²) in [6.45, 7) is 2.23. The smallest absolute Gasteiger partial charge is 0.133 e. The third-order valence-corrected chi connectivity index (χ3v) is 2.76. The molecule has 0 aliphatic carbocycles. The molecular weight excluding hydrogens is 269 g/mol. The molecule has 3 nitrogen and oxygen atoms in total. The zero-order valence-electron chi connectivity index (χ0n) is 7.63. The fourth-order valence-corrected chi connectivity index (χ4v) is 2.03. The molecular formula is C9H11BrClNO2. The first kappa shape index (κ1) is 11.8.